The van der Waals surface area contributed by atoms with Gasteiger partial charge < -0.3 is 19.5 Å². The first-order valence-electron chi connectivity index (χ1n) is 7.35. The van der Waals surface area contributed by atoms with Gasteiger partial charge in [-0.2, -0.15) is 0 Å². The molecule has 0 radical (unpaired) electrons. The first-order valence-corrected chi connectivity index (χ1v) is 7.35. The van der Waals surface area contributed by atoms with Crippen molar-refractivity contribution in [3.8, 4) is 17.6 Å². The monoisotopic (exact) mass is 291 g/mol. The summed E-state index contributed by atoms with van der Waals surface area (Å²) in [5.41, 5.74) is 0.908. The van der Waals surface area contributed by atoms with Gasteiger partial charge in [0, 0.05) is 31.7 Å². The molecule has 0 aliphatic heterocycles. The van der Waals surface area contributed by atoms with Crippen LogP contribution in [-0.2, 0) is 4.74 Å². The zero-order valence-electron chi connectivity index (χ0n) is 13.0. The van der Waals surface area contributed by atoms with Gasteiger partial charge in [-0.25, -0.2) is 0 Å². The van der Waals surface area contributed by atoms with E-state index in [9.17, 15) is 0 Å². The Morgan fingerprint density at radius 3 is 2.81 bits per heavy atom. The quantitative estimate of drug-likeness (QED) is 0.556. The van der Waals surface area contributed by atoms with Crippen LogP contribution >= 0.6 is 0 Å². The van der Waals surface area contributed by atoms with Crippen LogP contribution in [0.25, 0.3) is 0 Å². The van der Waals surface area contributed by atoms with Gasteiger partial charge in [0.25, 0.3) is 0 Å². The number of ether oxygens (including phenoxy) is 2. The van der Waals surface area contributed by atoms with Gasteiger partial charge in [-0.3, -0.25) is 0 Å². The van der Waals surface area contributed by atoms with Gasteiger partial charge >= 0.3 is 0 Å². The minimum absolute atomic E-state index is 0.0945. The molecule has 0 atom stereocenters. The van der Waals surface area contributed by atoms with Crippen LogP contribution in [0.5, 0.6) is 5.75 Å². The summed E-state index contributed by atoms with van der Waals surface area (Å²) in [4.78, 5) is 2.18. The largest absolute Gasteiger partial charge is 0.492 e. The zero-order valence-corrected chi connectivity index (χ0v) is 13.0. The molecule has 0 unspecified atom stereocenters. The molecule has 0 saturated carbocycles. The molecule has 1 aromatic carbocycles. The fourth-order valence-electron chi connectivity index (χ4n) is 1.68. The molecule has 0 fully saturated rings. The molecule has 1 rings (SSSR count). The topological polar surface area (TPSA) is 41.9 Å². The predicted molar refractivity (Wildman–Crippen MR) is 84.5 cm³/mol. The summed E-state index contributed by atoms with van der Waals surface area (Å²) in [5.74, 6) is 6.73. The second kappa shape index (κ2) is 11.2. The first-order chi connectivity index (χ1) is 10.3. The molecule has 1 aromatic rings. The van der Waals surface area contributed by atoms with E-state index in [1.165, 1.54) is 0 Å². The summed E-state index contributed by atoms with van der Waals surface area (Å²) in [6.45, 7) is 6.00. The number of likely N-dealkylation sites (N-methyl/N-ethyl adjacent to an activating group) is 1. The number of hydrogen-bond donors (Lipinski definition) is 1. The molecule has 0 amide bonds. The van der Waals surface area contributed by atoms with Crippen molar-refractivity contribution in [3.63, 3.8) is 0 Å². The van der Waals surface area contributed by atoms with Crippen molar-refractivity contribution < 1.29 is 14.6 Å². The first kappa shape index (κ1) is 17.5. The summed E-state index contributed by atoms with van der Waals surface area (Å²) < 4.78 is 11.0. The standard InChI is InChI=1S/C17H25NO3/c1-3-20-13-10-18(2)11-14-21-17-9-6-8-16(15-17)7-4-5-12-19/h6,8-9,15,19H,3,5,10-14H2,1-2H3. The third-order valence-electron chi connectivity index (χ3n) is 2.87. The van der Waals surface area contributed by atoms with Gasteiger partial charge in [0.05, 0.1) is 13.2 Å². The smallest absolute Gasteiger partial charge is 0.120 e. The minimum atomic E-state index is 0.0945. The third kappa shape index (κ3) is 8.36. The van der Waals surface area contributed by atoms with E-state index in [1.807, 2.05) is 31.2 Å². The molecule has 4 nitrogen and oxygen atoms in total. The Labute approximate surface area is 127 Å². The highest BCUT2D eigenvalue weighted by Gasteiger charge is 1.99. The lowest BCUT2D eigenvalue weighted by Gasteiger charge is -2.16. The Kier molecular flexibility index (Phi) is 9.30. The molecule has 0 bridgehead atoms. The number of nitrogens with zero attached hydrogens (tertiary/aromatic N) is 1. The lowest BCUT2D eigenvalue weighted by Crippen LogP contribution is -2.27. The van der Waals surface area contributed by atoms with Crippen molar-refractivity contribution in [2.24, 2.45) is 0 Å². The van der Waals surface area contributed by atoms with E-state index in [-0.39, 0.29) is 6.61 Å². The van der Waals surface area contributed by atoms with Gasteiger partial charge in [-0.05, 0) is 32.2 Å². The highest BCUT2D eigenvalue weighted by Crippen LogP contribution is 2.12. The average molecular weight is 291 g/mol. The lowest BCUT2D eigenvalue weighted by molar-refractivity contribution is 0.116. The fraction of sp³-hybridized carbons (Fsp3) is 0.529. The van der Waals surface area contributed by atoms with E-state index in [4.69, 9.17) is 14.6 Å². The Bertz CT molecular complexity index is 451. The van der Waals surface area contributed by atoms with Crippen LogP contribution in [0.4, 0.5) is 0 Å². The van der Waals surface area contributed by atoms with Crippen LogP contribution < -0.4 is 4.74 Å². The van der Waals surface area contributed by atoms with Crippen LogP contribution in [0.2, 0.25) is 0 Å². The molecule has 0 aliphatic carbocycles. The van der Waals surface area contributed by atoms with Crippen LogP contribution in [0.3, 0.4) is 0 Å². The predicted octanol–water partition coefficient (Wildman–Crippen LogP) is 1.77. The highest BCUT2D eigenvalue weighted by molar-refractivity contribution is 5.39. The molecule has 0 spiro atoms. The Morgan fingerprint density at radius 1 is 1.24 bits per heavy atom. The maximum absolute atomic E-state index is 8.70. The summed E-state index contributed by atoms with van der Waals surface area (Å²) in [5, 5.41) is 8.70. The molecule has 0 aromatic heterocycles. The van der Waals surface area contributed by atoms with Crippen molar-refractivity contribution in [2.45, 2.75) is 13.3 Å². The van der Waals surface area contributed by atoms with Crippen molar-refractivity contribution in [1.82, 2.24) is 4.90 Å². The molecular weight excluding hydrogens is 266 g/mol. The van der Waals surface area contributed by atoms with E-state index in [0.717, 1.165) is 37.6 Å². The van der Waals surface area contributed by atoms with E-state index in [0.29, 0.717) is 13.0 Å². The molecule has 0 aliphatic rings. The van der Waals surface area contributed by atoms with Crippen molar-refractivity contribution >= 4 is 0 Å². The van der Waals surface area contributed by atoms with Crippen LogP contribution in [-0.4, -0.2) is 56.6 Å². The normalized spacial score (nSPS) is 10.3. The number of rotatable bonds is 9. The molecular formula is C17H25NO3. The maximum atomic E-state index is 8.70. The number of aliphatic hydroxyl groups is 1. The van der Waals surface area contributed by atoms with Crippen LogP contribution in [0.1, 0.15) is 18.9 Å². The summed E-state index contributed by atoms with van der Waals surface area (Å²) in [7, 11) is 2.05. The molecule has 21 heavy (non-hydrogen) atoms. The molecule has 4 heteroatoms. The fourth-order valence-corrected chi connectivity index (χ4v) is 1.68. The SMILES string of the molecule is CCOCCN(C)CCOc1cccc(C#CCCO)c1. The van der Waals surface area contributed by atoms with Gasteiger partial charge in [-0.15, -0.1) is 0 Å². The van der Waals surface area contributed by atoms with Crippen molar-refractivity contribution in [3.05, 3.63) is 29.8 Å². The maximum Gasteiger partial charge on any atom is 0.120 e. The molecule has 116 valence electrons. The highest BCUT2D eigenvalue weighted by atomic mass is 16.5. The van der Waals surface area contributed by atoms with Crippen LogP contribution in [0, 0.1) is 11.8 Å². The summed E-state index contributed by atoms with van der Waals surface area (Å²) >= 11 is 0. The Balaban J connectivity index is 2.32. The number of aliphatic hydroxyl groups excluding tert-OH is 1. The third-order valence-corrected chi connectivity index (χ3v) is 2.87. The minimum Gasteiger partial charge on any atom is -0.492 e. The number of benzene rings is 1. The van der Waals surface area contributed by atoms with Crippen molar-refractivity contribution in [2.75, 3.05) is 46.6 Å². The van der Waals surface area contributed by atoms with E-state index >= 15 is 0 Å². The van der Waals surface area contributed by atoms with Gasteiger partial charge in [-0.1, -0.05) is 17.9 Å². The van der Waals surface area contributed by atoms with Gasteiger partial charge in [0.1, 0.15) is 12.4 Å². The summed E-state index contributed by atoms with van der Waals surface area (Å²) in [6.07, 6.45) is 0.496. The van der Waals surface area contributed by atoms with Crippen LogP contribution in [0.15, 0.2) is 24.3 Å². The lowest BCUT2D eigenvalue weighted by atomic mass is 10.2. The zero-order chi connectivity index (χ0) is 15.3. The number of hydrogen-bond acceptors (Lipinski definition) is 4. The van der Waals surface area contributed by atoms with E-state index < -0.39 is 0 Å². The Morgan fingerprint density at radius 2 is 2.05 bits per heavy atom. The van der Waals surface area contributed by atoms with Crippen molar-refractivity contribution in [1.29, 1.82) is 0 Å². The Hall–Kier alpha value is -1.54. The second-order valence-corrected chi connectivity index (χ2v) is 4.65. The average Bonchev–Trinajstić information content (AvgIpc) is 2.48. The molecule has 0 heterocycles. The molecule has 0 saturated heterocycles. The van der Waals surface area contributed by atoms with E-state index in [1.54, 1.807) is 0 Å². The van der Waals surface area contributed by atoms with E-state index in [2.05, 4.69) is 23.8 Å². The summed E-state index contributed by atoms with van der Waals surface area (Å²) in [6, 6.07) is 7.71. The van der Waals surface area contributed by atoms with Gasteiger partial charge in [0.2, 0.25) is 0 Å². The second-order valence-electron chi connectivity index (χ2n) is 4.65. The van der Waals surface area contributed by atoms with Gasteiger partial charge in [0.15, 0.2) is 0 Å². The molecule has 1 N–H and O–H groups in total.